The lowest BCUT2D eigenvalue weighted by molar-refractivity contribution is 0.0693. The number of hydrogen-bond donors (Lipinski definition) is 4. The smallest absolute Gasteiger partial charge is 0.339 e. The van der Waals surface area contributed by atoms with Gasteiger partial charge in [0.2, 0.25) is 0 Å². The molecule has 0 amide bonds. The Kier molecular flexibility index (Phi) is 3.26. The molecular weight excluding hydrogens is 227 g/mol. The highest BCUT2D eigenvalue weighted by atomic mass is 19.1. The van der Waals surface area contributed by atoms with E-state index in [1.54, 1.807) is 0 Å². The van der Waals surface area contributed by atoms with Gasteiger partial charge in [0.05, 0.1) is 6.04 Å². The molecule has 0 radical (unpaired) electrons. The number of phenols is 1. The zero-order valence-electron chi connectivity index (χ0n) is 9.03. The molecule has 1 atom stereocenters. The van der Waals surface area contributed by atoms with E-state index in [0.717, 1.165) is 18.7 Å². The molecule has 0 aliphatic carbocycles. The zero-order chi connectivity index (χ0) is 12.4. The minimum Gasteiger partial charge on any atom is -0.507 e. The molecule has 6 heteroatoms. The summed E-state index contributed by atoms with van der Waals surface area (Å²) in [7, 11) is 0. The fraction of sp³-hybridized carbons (Fsp3) is 0.364. The largest absolute Gasteiger partial charge is 0.507 e. The maximum Gasteiger partial charge on any atom is 0.339 e. The van der Waals surface area contributed by atoms with E-state index in [-0.39, 0.29) is 11.1 Å². The Hall–Kier alpha value is -1.66. The number of benzene rings is 1. The zero-order valence-corrected chi connectivity index (χ0v) is 9.03. The molecule has 1 heterocycles. The number of rotatable bonds is 2. The van der Waals surface area contributed by atoms with Gasteiger partial charge in [-0.3, -0.25) is 0 Å². The summed E-state index contributed by atoms with van der Waals surface area (Å²) in [5, 5.41) is 24.7. The maximum atomic E-state index is 13.7. The molecule has 1 fully saturated rings. The van der Waals surface area contributed by atoms with Crippen LogP contribution in [-0.2, 0) is 0 Å². The molecule has 5 nitrogen and oxygen atoms in total. The molecule has 4 N–H and O–H groups in total. The Balaban J connectivity index is 2.43. The predicted octanol–water partition coefficient (Wildman–Crippen LogP) is 0.463. The second-order valence-corrected chi connectivity index (χ2v) is 3.87. The highest BCUT2D eigenvalue weighted by Gasteiger charge is 2.25. The Bertz CT molecular complexity index is 445. The molecule has 0 spiro atoms. The first-order valence-electron chi connectivity index (χ1n) is 5.30. The molecular formula is C11H13FN2O3. The number of nitrogens with one attached hydrogen (secondary N) is 2. The molecule has 2 rings (SSSR count). The van der Waals surface area contributed by atoms with Crippen molar-refractivity contribution in [2.24, 2.45) is 0 Å². The summed E-state index contributed by atoms with van der Waals surface area (Å²) < 4.78 is 13.7. The summed E-state index contributed by atoms with van der Waals surface area (Å²) in [6.45, 7) is 1.85. The average molecular weight is 240 g/mol. The summed E-state index contributed by atoms with van der Waals surface area (Å²) in [6, 6.07) is 1.71. The van der Waals surface area contributed by atoms with Crippen molar-refractivity contribution < 1.29 is 19.4 Å². The number of carboxylic acids is 1. The molecule has 0 saturated carbocycles. The van der Waals surface area contributed by atoms with Crippen LogP contribution in [0.2, 0.25) is 0 Å². The van der Waals surface area contributed by atoms with Gasteiger partial charge in [0, 0.05) is 25.2 Å². The molecule has 0 unspecified atom stereocenters. The van der Waals surface area contributed by atoms with E-state index in [4.69, 9.17) is 5.11 Å². The summed E-state index contributed by atoms with van der Waals surface area (Å²) in [6.07, 6.45) is 0. The standard InChI is InChI=1S/C11H13FN2O3/c12-7-2-1-6(11(16)17)10(15)9(7)8-5-13-3-4-14-8/h1-2,8,13-15H,3-5H2,(H,16,17)/t8-/m0/s1. The van der Waals surface area contributed by atoms with Gasteiger partial charge >= 0.3 is 5.97 Å². The van der Waals surface area contributed by atoms with Crippen molar-refractivity contribution in [2.45, 2.75) is 6.04 Å². The molecule has 0 aromatic heterocycles. The van der Waals surface area contributed by atoms with E-state index in [1.807, 2.05) is 0 Å². The first-order chi connectivity index (χ1) is 8.11. The third-order valence-electron chi connectivity index (χ3n) is 2.78. The maximum absolute atomic E-state index is 13.7. The number of aromatic hydroxyl groups is 1. The summed E-state index contributed by atoms with van der Waals surface area (Å²) >= 11 is 0. The minimum absolute atomic E-state index is 0.0112. The number of carbonyl (C=O) groups is 1. The quantitative estimate of drug-likeness (QED) is 0.604. The molecule has 92 valence electrons. The van der Waals surface area contributed by atoms with Gasteiger partial charge in [0.25, 0.3) is 0 Å². The van der Waals surface area contributed by atoms with Crippen LogP contribution in [0, 0.1) is 5.82 Å². The second-order valence-electron chi connectivity index (χ2n) is 3.87. The second kappa shape index (κ2) is 4.68. The first-order valence-corrected chi connectivity index (χ1v) is 5.30. The lowest BCUT2D eigenvalue weighted by atomic mass is 10.00. The Morgan fingerprint density at radius 2 is 2.18 bits per heavy atom. The van der Waals surface area contributed by atoms with E-state index < -0.39 is 23.6 Å². The van der Waals surface area contributed by atoms with Crippen molar-refractivity contribution in [2.75, 3.05) is 19.6 Å². The Morgan fingerprint density at radius 1 is 1.41 bits per heavy atom. The van der Waals surface area contributed by atoms with Gasteiger partial charge in [0.1, 0.15) is 17.1 Å². The molecule has 1 saturated heterocycles. The lowest BCUT2D eigenvalue weighted by Crippen LogP contribution is -2.43. The first kappa shape index (κ1) is 11.8. The van der Waals surface area contributed by atoms with E-state index >= 15 is 0 Å². The van der Waals surface area contributed by atoms with Crippen LogP contribution in [0.25, 0.3) is 0 Å². The van der Waals surface area contributed by atoms with E-state index in [9.17, 15) is 14.3 Å². The monoisotopic (exact) mass is 240 g/mol. The van der Waals surface area contributed by atoms with Gasteiger partial charge in [-0.1, -0.05) is 0 Å². The highest BCUT2D eigenvalue weighted by molar-refractivity contribution is 5.91. The number of hydrogen-bond acceptors (Lipinski definition) is 4. The Morgan fingerprint density at radius 3 is 2.76 bits per heavy atom. The summed E-state index contributed by atoms with van der Waals surface area (Å²) in [4.78, 5) is 10.8. The fourth-order valence-corrected chi connectivity index (χ4v) is 1.94. The number of halogens is 1. The summed E-state index contributed by atoms with van der Waals surface area (Å²) in [5.74, 6) is -2.38. The molecule has 0 bridgehead atoms. The fourth-order valence-electron chi connectivity index (χ4n) is 1.94. The molecule has 1 aromatic rings. The van der Waals surface area contributed by atoms with Crippen molar-refractivity contribution >= 4 is 5.97 Å². The topological polar surface area (TPSA) is 81.6 Å². The van der Waals surface area contributed by atoms with Crippen LogP contribution in [0.5, 0.6) is 5.75 Å². The highest BCUT2D eigenvalue weighted by Crippen LogP contribution is 2.31. The van der Waals surface area contributed by atoms with E-state index in [2.05, 4.69) is 10.6 Å². The SMILES string of the molecule is O=C(O)c1ccc(F)c([C@@H]2CNCCN2)c1O. The van der Waals surface area contributed by atoms with Crippen molar-refractivity contribution in [3.8, 4) is 5.75 Å². The van der Waals surface area contributed by atoms with Crippen LogP contribution >= 0.6 is 0 Å². The third kappa shape index (κ3) is 2.22. The normalized spacial score (nSPS) is 20.2. The molecule has 1 aliphatic rings. The third-order valence-corrected chi connectivity index (χ3v) is 2.78. The number of carboxylic acid groups (broad SMARTS) is 1. The van der Waals surface area contributed by atoms with Crippen LogP contribution < -0.4 is 10.6 Å². The average Bonchev–Trinajstić information content (AvgIpc) is 2.30. The van der Waals surface area contributed by atoms with Gasteiger partial charge in [-0.15, -0.1) is 0 Å². The summed E-state index contributed by atoms with van der Waals surface area (Å²) in [5.41, 5.74) is -0.272. The van der Waals surface area contributed by atoms with Crippen molar-refractivity contribution in [3.63, 3.8) is 0 Å². The van der Waals surface area contributed by atoms with Gasteiger partial charge in [-0.2, -0.15) is 0 Å². The predicted molar refractivity (Wildman–Crippen MR) is 58.6 cm³/mol. The minimum atomic E-state index is -1.27. The van der Waals surface area contributed by atoms with Crippen LogP contribution in [0.4, 0.5) is 4.39 Å². The van der Waals surface area contributed by atoms with Crippen LogP contribution in [0.1, 0.15) is 22.0 Å². The molecule has 1 aromatic carbocycles. The van der Waals surface area contributed by atoms with E-state index in [0.29, 0.717) is 13.1 Å². The van der Waals surface area contributed by atoms with Gasteiger partial charge in [-0.25, -0.2) is 9.18 Å². The molecule has 1 aliphatic heterocycles. The van der Waals surface area contributed by atoms with Crippen LogP contribution in [0.15, 0.2) is 12.1 Å². The lowest BCUT2D eigenvalue weighted by Gasteiger charge is -2.26. The van der Waals surface area contributed by atoms with Gasteiger partial charge < -0.3 is 20.8 Å². The van der Waals surface area contributed by atoms with E-state index in [1.165, 1.54) is 0 Å². The van der Waals surface area contributed by atoms with Gasteiger partial charge in [0.15, 0.2) is 0 Å². The van der Waals surface area contributed by atoms with Crippen LogP contribution in [0.3, 0.4) is 0 Å². The van der Waals surface area contributed by atoms with Crippen molar-refractivity contribution in [3.05, 3.63) is 29.1 Å². The molecule has 17 heavy (non-hydrogen) atoms. The number of piperazine rings is 1. The van der Waals surface area contributed by atoms with Crippen molar-refractivity contribution in [1.82, 2.24) is 10.6 Å². The van der Waals surface area contributed by atoms with Crippen LogP contribution in [-0.4, -0.2) is 35.8 Å². The van der Waals surface area contributed by atoms with Crippen molar-refractivity contribution in [1.29, 1.82) is 0 Å². The number of aromatic carboxylic acids is 1. The Labute approximate surface area is 97.3 Å². The van der Waals surface area contributed by atoms with Gasteiger partial charge in [-0.05, 0) is 12.1 Å².